The molecule has 1 saturated heterocycles. The molecule has 0 radical (unpaired) electrons. The van der Waals surface area contributed by atoms with Gasteiger partial charge in [-0.25, -0.2) is 23.7 Å². The van der Waals surface area contributed by atoms with Crippen LogP contribution in [0.3, 0.4) is 0 Å². The van der Waals surface area contributed by atoms with Gasteiger partial charge in [-0.15, -0.1) is 0 Å². The van der Waals surface area contributed by atoms with Crippen LogP contribution in [0.25, 0.3) is 17.5 Å². The van der Waals surface area contributed by atoms with E-state index >= 15 is 0 Å². The van der Waals surface area contributed by atoms with Crippen molar-refractivity contribution in [1.29, 1.82) is 5.41 Å². The van der Waals surface area contributed by atoms with Gasteiger partial charge in [0.15, 0.2) is 0 Å². The van der Waals surface area contributed by atoms with Crippen molar-refractivity contribution >= 4 is 29.6 Å². The number of rotatable bonds is 8. The molecule has 3 rings (SSSR count). The Bertz CT molecular complexity index is 858. The molecule has 11 heteroatoms. The van der Waals surface area contributed by atoms with Crippen molar-refractivity contribution in [1.82, 2.24) is 24.7 Å². The third kappa shape index (κ3) is 5.58. The summed E-state index contributed by atoms with van der Waals surface area (Å²) in [6.07, 6.45) is 4.66. The van der Waals surface area contributed by atoms with Crippen LogP contribution < -0.4 is 9.62 Å². The summed E-state index contributed by atoms with van der Waals surface area (Å²) < 4.78 is 33.9. The van der Waals surface area contributed by atoms with Gasteiger partial charge in [0.2, 0.25) is 0 Å². The van der Waals surface area contributed by atoms with Crippen molar-refractivity contribution in [2.24, 2.45) is 0 Å². The number of H-pyrrole nitrogens is 1. The van der Waals surface area contributed by atoms with Crippen LogP contribution in [0.1, 0.15) is 12.7 Å². The SMILES string of the molecule is CSNCC1CN(c2cc(-c3cnc(/C=C\C(=N)C(F)F)[nH]3)ncn2)C(C)CO1. The first-order chi connectivity index (χ1) is 14.0. The van der Waals surface area contributed by atoms with Gasteiger partial charge in [0, 0.05) is 19.2 Å². The normalized spacial score (nSPS) is 20.0. The second kappa shape index (κ2) is 9.90. The number of hydrogen-bond acceptors (Lipinski definition) is 8. The van der Waals surface area contributed by atoms with E-state index in [0.29, 0.717) is 30.4 Å². The van der Waals surface area contributed by atoms with Crippen molar-refractivity contribution in [3.63, 3.8) is 0 Å². The van der Waals surface area contributed by atoms with E-state index in [1.165, 1.54) is 12.4 Å². The number of imidazole rings is 1. The lowest BCUT2D eigenvalue weighted by Gasteiger charge is -2.38. The molecule has 0 bridgehead atoms. The van der Waals surface area contributed by atoms with Crippen LogP contribution >= 0.6 is 11.9 Å². The Labute approximate surface area is 171 Å². The minimum absolute atomic E-state index is 0.0612. The average molecular weight is 423 g/mol. The third-order valence-corrected chi connectivity index (χ3v) is 4.89. The molecule has 156 valence electrons. The number of halogens is 2. The van der Waals surface area contributed by atoms with E-state index in [4.69, 9.17) is 10.1 Å². The van der Waals surface area contributed by atoms with Gasteiger partial charge in [-0.3, -0.25) is 10.1 Å². The van der Waals surface area contributed by atoms with Gasteiger partial charge in [0.25, 0.3) is 6.43 Å². The maximum Gasteiger partial charge on any atom is 0.279 e. The standard InChI is InChI=1S/C18H23F2N7OS/c1-11-9-28-12(6-25-29-2)8-27(11)17-5-14(23-10-24-17)15-7-22-16(26-15)4-3-13(21)18(19)20/h3-5,7,10-12,18,21,25H,6,8-9H2,1-2H3,(H,22,26)/b4-3-,21-13?. The number of ether oxygens (including phenoxy) is 1. The smallest absolute Gasteiger partial charge is 0.279 e. The van der Waals surface area contributed by atoms with Gasteiger partial charge in [0.05, 0.1) is 42.0 Å². The lowest BCUT2D eigenvalue weighted by molar-refractivity contribution is 0.0263. The molecule has 3 heterocycles. The molecular weight excluding hydrogens is 400 g/mol. The summed E-state index contributed by atoms with van der Waals surface area (Å²) in [5, 5.41) is 7.16. The Morgan fingerprint density at radius 2 is 2.31 bits per heavy atom. The Morgan fingerprint density at radius 3 is 3.07 bits per heavy atom. The van der Waals surface area contributed by atoms with E-state index in [1.54, 1.807) is 18.1 Å². The molecule has 8 nitrogen and oxygen atoms in total. The molecule has 0 spiro atoms. The number of nitrogens with one attached hydrogen (secondary N) is 3. The minimum atomic E-state index is -2.81. The molecule has 1 aliphatic heterocycles. The first-order valence-electron chi connectivity index (χ1n) is 9.04. The average Bonchev–Trinajstić information content (AvgIpc) is 3.20. The fraction of sp³-hybridized carbons (Fsp3) is 0.444. The summed E-state index contributed by atoms with van der Waals surface area (Å²) in [5.74, 6) is 1.15. The van der Waals surface area contributed by atoms with E-state index < -0.39 is 12.1 Å². The van der Waals surface area contributed by atoms with Crippen molar-refractivity contribution in [3.8, 4) is 11.4 Å². The number of allylic oxidation sites excluding steroid dienone is 1. The van der Waals surface area contributed by atoms with Crippen LogP contribution in [0, 0.1) is 5.41 Å². The molecule has 2 unspecified atom stereocenters. The van der Waals surface area contributed by atoms with Gasteiger partial charge in [-0.1, -0.05) is 11.9 Å². The number of alkyl halides is 2. The van der Waals surface area contributed by atoms with Crippen LogP contribution in [0.15, 0.2) is 24.7 Å². The third-order valence-electron chi connectivity index (χ3n) is 4.44. The number of hydrogen-bond donors (Lipinski definition) is 3. The van der Waals surface area contributed by atoms with Crippen LogP contribution in [0.4, 0.5) is 14.6 Å². The highest BCUT2D eigenvalue weighted by molar-refractivity contribution is 7.96. The first-order valence-corrected chi connectivity index (χ1v) is 10.3. The molecule has 29 heavy (non-hydrogen) atoms. The Morgan fingerprint density at radius 1 is 1.48 bits per heavy atom. The minimum Gasteiger partial charge on any atom is -0.373 e. The summed E-state index contributed by atoms with van der Waals surface area (Å²) in [4.78, 5) is 18.0. The van der Waals surface area contributed by atoms with E-state index in [1.807, 2.05) is 12.3 Å². The lowest BCUT2D eigenvalue weighted by Crippen LogP contribution is -2.51. The van der Waals surface area contributed by atoms with Crippen molar-refractivity contribution in [2.45, 2.75) is 25.5 Å². The van der Waals surface area contributed by atoms with Gasteiger partial charge < -0.3 is 14.6 Å². The molecule has 2 aromatic rings. The van der Waals surface area contributed by atoms with Gasteiger partial charge in [-0.05, 0) is 25.3 Å². The molecule has 0 aromatic carbocycles. The van der Waals surface area contributed by atoms with Gasteiger partial charge in [-0.2, -0.15) is 0 Å². The Hall–Kier alpha value is -2.37. The van der Waals surface area contributed by atoms with E-state index in [9.17, 15) is 8.78 Å². The van der Waals surface area contributed by atoms with Gasteiger partial charge in [0.1, 0.15) is 18.0 Å². The molecule has 3 N–H and O–H groups in total. The lowest BCUT2D eigenvalue weighted by atomic mass is 10.2. The van der Waals surface area contributed by atoms with Crippen molar-refractivity contribution in [3.05, 3.63) is 30.5 Å². The first kappa shape index (κ1) is 21.3. The maximum atomic E-state index is 12.4. The largest absolute Gasteiger partial charge is 0.373 e. The predicted molar refractivity (Wildman–Crippen MR) is 110 cm³/mol. The van der Waals surface area contributed by atoms with Crippen LogP contribution in [-0.2, 0) is 4.74 Å². The highest BCUT2D eigenvalue weighted by atomic mass is 32.2. The highest BCUT2D eigenvalue weighted by Gasteiger charge is 2.27. The zero-order chi connectivity index (χ0) is 20.8. The molecule has 0 aliphatic carbocycles. The van der Waals surface area contributed by atoms with Crippen molar-refractivity contribution in [2.75, 3.05) is 30.9 Å². The van der Waals surface area contributed by atoms with E-state index in [-0.39, 0.29) is 12.1 Å². The zero-order valence-electron chi connectivity index (χ0n) is 16.1. The zero-order valence-corrected chi connectivity index (χ0v) is 16.9. The van der Waals surface area contributed by atoms with Crippen LogP contribution in [-0.4, -0.2) is 70.2 Å². The molecule has 1 fully saturated rings. The number of aromatic amines is 1. The van der Waals surface area contributed by atoms with Crippen molar-refractivity contribution < 1.29 is 13.5 Å². The predicted octanol–water partition coefficient (Wildman–Crippen LogP) is 2.63. The van der Waals surface area contributed by atoms with Crippen LogP contribution in [0.2, 0.25) is 0 Å². The summed E-state index contributed by atoms with van der Waals surface area (Å²) in [5.41, 5.74) is 0.515. The molecule has 0 saturated carbocycles. The molecule has 2 aromatic heterocycles. The molecule has 2 atom stereocenters. The van der Waals surface area contributed by atoms with Gasteiger partial charge >= 0.3 is 0 Å². The summed E-state index contributed by atoms with van der Waals surface area (Å²) in [6, 6.07) is 2.03. The summed E-state index contributed by atoms with van der Waals surface area (Å²) >= 11 is 1.56. The number of morpholine rings is 1. The molecule has 0 amide bonds. The quantitative estimate of drug-likeness (QED) is 0.443. The topological polar surface area (TPSA) is 103 Å². The second-order valence-electron chi connectivity index (χ2n) is 6.54. The van der Waals surface area contributed by atoms with Crippen LogP contribution in [0.5, 0.6) is 0 Å². The Kier molecular flexibility index (Phi) is 7.29. The fourth-order valence-corrected chi connectivity index (χ4v) is 3.23. The monoisotopic (exact) mass is 423 g/mol. The summed E-state index contributed by atoms with van der Waals surface area (Å²) in [6.45, 7) is 4.14. The number of nitrogens with zero attached hydrogens (tertiary/aromatic N) is 4. The maximum absolute atomic E-state index is 12.4. The Balaban J connectivity index is 1.75. The highest BCUT2D eigenvalue weighted by Crippen LogP contribution is 2.23. The number of anilines is 1. The fourth-order valence-electron chi connectivity index (χ4n) is 2.88. The molecule has 1 aliphatic rings. The summed E-state index contributed by atoms with van der Waals surface area (Å²) in [7, 11) is 0. The van der Waals surface area contributed by atoms with E-state index in [0.717, 1.165) is 18.4 Å². The molecular formula is C18H23F2N7OS. The second-order valence-corrected chi connectivity index (χ2v) is 7.24. The number of aromatic nitrogens is 4. The van der Waals surface area contributed by atoms with E-state index in [2.05, 4.69) is 36.5 Å².